The van der Waals surface area contributed by atoms with Crippen LogP contribution in [0, 0.1) is 11.3 Å². The number of hydrogen-bond acceptors (Lipinski definition) is 7. The zero-order valence-corrected chi connectivity index (χ0v) is 17.8. The van der Waals surface area contributed by atoms with Crippen LogP contribution in [0.15, 0.2) is 53.7 Å². The molecule has 0 fully saturated rings. The molecule has 2 heterocycles. The summed E-state index contributed by atoms with van der Waals surface area (Å²) in [6.45, 7) is 6.50. The SMILES string of the molecule is CC(C)(C)c1cc(Oc2ccc3c(c2)OCO3)nc(SCc2ccccc2C#N)n1. The molecule has 7 heteroatoms. The first-order valence-electron chi connectivity index (χ1n) is 9.50. The normalized spacial score (nSPS) is 12.5. The third kappa shape index (κ3) is 4.50. The van der Waals surface area contributed by atoms with Crippen molar-refractivity contribution in [1.82, 2.24) is 9.97 Å². The van der Waals surface area contributed by atoms with Gasteiger partial charge in [0.2, 0.25) is 12.7 Å². The summed E-state index contributed by atoms with van der Waals surface area (Å²) in [6.07, 6.45) is 0. The Kier molecular flexibility index (Phi) is 5.51. The topological polar surface area (TPSA) is 77.3 Å². The van der Waals surface area contributed by atoms with Gasteiger partial charge in [-0.15, -0.1) is 0 Å². The summed E-state index contributed by atoms with van der Waals surface area (Å²) in [7, 11) is 0. The van der Waals surface area contributed by atoms with Crippen LogP contribution in [-0.4, -0.2) is 16.8 Å². The molecule has 6 nitrogen and oxygen atoms in total. The van der Waals surface area contributed by atoms with Gasteiger partial charge in [0.1, 0.15) is 5.75 Å². The Labute approximate surface area is 179 Å². The Bertz CT molecular complexity index is 1120. The molecular formula is C23H21N3O3S. The second-order valence-electron chi connectivity index (χ2n) is 7.80. The lowest BCUT2D eigenvalue weighted by Crippen LogP contribution is -2.14. The molecule has 0 bridgehead atoms. The molecule has 4 rings (SSSR count). The number of fused-ring (bicyclic) bond motifs is 1. The van der Waals surface area contributed by atoms with Crippen LogP contribution >= 0.6 is 11.8 Å². The third-order valence-electron chi connectivity index (χ3n) is 4.51. The number of thioether (sulfide) groups is 1. The van der Waals surface area contributed by atoms with Crippen LogP contribution in [0.5, 0.6) is 23.1 Å². The Morgan fingerprint density at radius 2 is 1.87 bits per heavy atom. The molecule has 152 valence electrons. The maximum Gasteiger partial charge on any atom is 0.231 e. The molecular weight excluding hydrogens is 398 g/mol. The summed E-state index contributed by atoms with van der Waals surface area (Å²) in [5.74, 6) is 3.03. The van der Waals surface area contributed by atoms with Crippen molar-refractivity contribution < 1.29 is 14.2 Å². The number of hydrogen-bond donors (Lipinski definition) is 0. The van der Waals surface area contributed by atoms with Crippen molar-refractivity contribution >= 4 is 11.8 Å². The van der Waals surface area contributed by atoms with E-state index < -0.39 is 0 Å². The van der Waals surface area contributed by atoms with Crippen LogP contribution in [0.2, 0.25) is 0 Å². The Hall–Kier alpha value is -3.24. The summed E-state index contributed by atoms with van der Waals surface area (Å²) < 4.78 is 16.8. The third-order valence-corrected chi connectivity index (χ3v) is 5.41. The van der Waals surface area contributed by atoms with E-state index in [4.69, 9.17) is 19.2 Å². The lowest BCUT2D eigenvalue weighted by molar-refractivity contribution is 0.174. The predicted octanol–water partition coefficient (Wildman–Crippen LogP) is 5.46. The minimum atomic E-state index is -0.171. The number of ether oxygens (including phenoxy) is 3. The van der Waals surface area contributed by atoms with Crippen molar-refractivity contribution in [3.8, 4) is 29.2 Å². The monoisotopic (exact) mass is 419 g/mol. The smallest absolute Gasteiger partial charge is 0.231 e. The number of aromatic nitrogens is 2. The molecule has 1 aromatic heterocycles. The average molecular weight is 420 g/mol. The summed E-state index contributed by atoms with van der Waals surface area (Å²) in [5, 5.41) is 9.91. The average Bonchev–Trinajstić information content (AvgIpc) is 3.19. The van der Waals surface area contributed by atoms with E-state index in [0.29, 0.717) is 39.6 Å². The van der Waals surface area contributed by atoms with Gasteiger partial charge in [0.05, 0.1) is 17.3 Å². The van der Waals surface area contributed by atoms with E-state index in [1.807, 2.05) is 42.5 Å². The van der Waals surface area contributed by atoms with Gasteiger partial charge in [-0.05, 0) is 23.8 Å². The van der Waals surface area contributed by atoms with Crippen LogP contribution < -0.4 is 14.2 Å². The fourth-order valence-corrected chi connectivity index (χ4v) is 3.72. The summed E-state index contributed by atoms with van der Waals surface area (Å²) in [4.78, 5) is 9.30. The number of rotatable bonds is 5. The zero-order chi connectivity index (χ0) is 21.1. The molecule has 0 radical (unpaired) electrons. The van der Waals surface area contributed by atoms with Crippen molar-refractivity contribution in [2.24, 2.45) is 0 Å². The Balaban J connectivity index is 1.60. The van der Waals surface area contributed by atoms with Gasteiger partial charge in [-0.2, -0.15) is 10.2 Å². The van der Waals surface area contributed by atoms with Crippen molar-refractivity contribution in [3.05, 3.63) is 65.4 Å². The Morgan fingerprint density at radius 1 is 1.07 bits per heavy atom. The molecule has 0 saturated carbocycles. The number of nitrogens with zero attached hydrogens (tertiary/aromatic N) is 3. The molecule has 2 aromatic carbocycles. The Morgan fingerprint density at radius 3 is 2.67 bits per heavy atom. The molecule has 30 heavy (non-hydrogen) atoms. The lowest BCUT2D eigenvalue weighted by atomic mass is 9.92. The summed E-state index contributed by atoms with van der Waals surface area (Å²) in [5.41, 5.74) is 2.32. The molecule has 0 spiro atoms. The number of benzene rings is 2. The molecule has 1 aliphatic rings. The summed E-state index contributed by atoms with van der Waals surface area (Å²) >= 11 is 1.48. The van der Waals surface area contributed by atoms with E-state index in [2.05, 4.69) is 31.8 Å². The van der Waals surface area contributed by atoms with Crippen molar-refractivity contribution in [1.29, 1.82) is 5.26 Å². The molecule has 0 N–H and O–H groups in total. The van der Waals surface area contributed by atoms with Crippen LogP contribution in [0.1, 0.15) is 37.6 Å². The predicted molar refractivity (Wildman–Crippen MR) is 114 cm³/mol. The molecule has 0 atom stereocenters. The largest absolute Gasteiger partial charge is 0.454 e. The van der Waals surface area contributed by atoms with E-state index in [0.717, 1.165) is 11.3 Å². The van der Waals surface area contributed by atoms with Gasteiger partial charge in [-0.3, -0.25) is 0 Å². The highest BCUT2D eigenvalue weighted by Gasteiger charge is 2.20. The lowest BCUT2D eigenvalue weighted by Gasteiger charge is -2.19. The molecule has 1 aliphatic heterocycles. The standard InChI is InChI=1S/C23H21N3O3S/c1-23(2,3)20-11-21(29-17-8-9-18-19(10-17)28-14-27-18)26-22(25-20)30-13-16-7-5-4-6-15(16)12-24/h4-11H,13-14H2,1-3H3. The maximum atomic E-state index is 9.31. The van der Waals surface area contributed by atoms with Gasteiger partial charge in [0.25, 0.3) is 0 Å². The van der Waals surface area contributed by atoms with Gasteiger partial charge >= 0.3 is 0 Å². The van der Waals surface area contributed by atoms with Crippen LogP contribution in [0.3, 0.4) is 0 Å². The van der Waals surface area contributed by atoms with Crippen LogP contribution in [-0.2, 0) is 11.2 Å². The minimum Gasteiger partial charge on any atom is -0.454 e. The molecule has 0 amide bonds. The molecule has 0 saturated heterocycles. The van der Waals surface area contributed by atoms with Crippen molar-refractivity contribution in [2.45, 2.75) is 37.1 Å². The second kappa shape index (κ2) is 8.25. The van der Waals surface area contributed by atoms with Crippen molar-refractivity contribution in [2.75, 3.05) is 6.79 Å². The molecule has 0 unspecified atom stereocenters. The highest BCUT2D eigenvalue weighted by atomic mass is 32.2. The van der Waals surface area contributed by atoms with E-state index >= 15 is 0 Å². The number of nitriles is 1. The van der Waals surface area contributed by atoms with Gasteiger partial charge in [0.15, 0.2) is 16.7 Å². The van der Waals surface area contributed by atoms with Crippen LogP contribution in [0.4, 0.5) is 0 Å². The second-order valence-corrected chi connectivity index (χ2v) is 8.74. The fraction of sp³-hybridized carbons (Fsp3) is 0.261. The first-order chi connectivity index (χ1) is 14.4. The fourth-order valence-electron chi connectivity index (χ4n) is 2.86. The van der Waals surface area contributed by atoms with Gasteiger partial charge in [-0.1, -0.05) is 50.7 Å². The van der Waals surface area contributed by atoms with Crippen LogP contribution in [0.25, 0.3) is 0 Å². The van der Waals surface area contributed by atoms with Gasteiger partial charge in [0, 0.05) is 23.3 Å². The maximum absolute atomic E-state index is 9.31. The highest BCUT2D eigenvalue weighted by Crippen LogP contribution is 2.37. The van der Waals surface area contributed by atoms with Gasteiger partial charge < -0.3 is 14.2 Å². The molecule has 0 aliphatic carbocycles. The van der Waals surface area contributed by atoms with E-state index in [1.165, 1.54) is 11.8 Å². The van der Waals surface area contributed by atoms with Crippen molar-refractivity contribution in [3.63, 3.8) is 0 Å². The first-order valence-corrected chi connectivity index (χ1v) is 10.5. The molecule has 3 aromatic rings. The van der Waals surface area contributed by atoms with E-state index in [-0.39, 0.29) is 12.2 Å². The zero-order valence-electron chi connectivity index (χ0n) is 17.0. The van der Waals surface area contributed by atoms with Gasteiger partial charge in [-0.25, -0.2) is 4.98 Å². The minimum absolute atomic E-state index is 0.171. The van der Waals surface area contributed by atoms with E-state index in [1.54, 1.807) is 6.07 Å². The van der Waals surface area contributed by atoms with E-state index in [9.17, 15) is 5.26 Å². The quantitative estimate of drug-likeness (QED) is 0.401. The summed E-state index contributed by atoms with van der Waals surface area (Å²) in [6, 6.07) is 17.1. The first kappa shape index (κ1) is 20.0. The highest BCUT2D eigenvalue weighted by molar-refractivity contribution is 7.98.